The van der Waals surface area contributed by atoms with Crippen molar-refractivity contribution >= 4 is 12.1 Å². The van der Waals surface area contributed by atoms with E-state index in [0.29, 0.717) is 6.29 Å². The molecule has 3 heteroatoms. The lowest BCUT2D eigenvalue weighted by atomic mass is 9.91. The number of ketones is 1. The minimum Gasteiger partial charge on any atom is -0.366 e. The van der Waals surface area contributed by atoms with Crippen molar-refractivity contribution in [3.63, 3.8) is 0 Å². The number of hydrogen-bond donors (Lipinski definition) is 0. The predicted molar refractivity (Wildman–Crippen MR) is 41.3 cm³/mol. The average Bonchev–Trinajstić information content (AvgIpc) is 1.86. The first-order valence-corrected chi connectivity index (χ1v) is 3.53. The second kappa shape index (κ2) is 4.23. The molecule has 0 aromatic rings. The molecule has 0 aromatic carbocycles. The molecule has 0 amide bonds. The highest BCUT2D eigenvalue weighted by Crippen LogP contribution is 2.13. The summed E-state index contributed by atoms with van der Waals surface area (Å²) in [6, 6.07) is 0. The highest BCUT2D eigenvalue weighted by molar-refractivity contribution is 5.84. The van der Waals surface area contributed by atoms with E-state index < -0.39 is 0 Å². The molecule has 0 fully saturated rings. The van der Waals surface area contributed by atoms with Gasteiger partial charge in [0.25, 0.3) is 0 Å². The van der Waals surface area contributed by atoms with E-state index in [1.165, 1.54) is 0 Å². The lowest BCUT2D eigenvalue weighted by molar-refractivity contribution is -0.131. The Morgan fingerprint density at radius 3 is 2.36 bits per heavy atom. The van der Waals surface area contributed by atoms with Crippen molar-refractivity contribution in [2.75, 3.05) is 13.2 Å². The Balaban J connectivity index is 3.62. The van der Waals surface area contributed by atoms with Crippen LogP contribution in [0.2, 0.25) is 0 Å². The molecule has 0 bridgehead atoms. The molecule has 0 spiro atoms. The normalized spacial score (nSPS) is 11.2. The van der Waals surface area contributed by atoms with Crippen LogP contribution in [-0.4, -0.2) is 25.3 Å². The molecule has 0 N–H and O–H groups in total. The van der Waals surface area contributed by atoms with E-state index in [1.54, 1.807) is 0 Å². The lowest BCUT2D eigenvalue weighted by Crippen LogP contribution is -2.25. The number of carbonyl (C=O) groups is 2. The van der Waals surface area contributed by atoms with Crippen LogP contribution in [0.3, 0.4) is 0 Å². The third-order valence-corrected chi connectivity index (χ3v) is 1.26. The quantitative estimate of drug-likeness (QED) is 0.449. The second-order valence-corrected chi connectivity index (χ2v) is 3.35. The summed E-state index contributed by atoms with van der Waals surface area (Å²) < 4.78 is 4.75. The summed E-state index contributed by atoms with van der Waals surface area (Å²) in [4.78, 5) is 20.9. The van der Waals surface area contributed by atoms with Gasteiger partial charge in [0.15, 0.2) is 5.78 Å². The van der Waals surface area contributed by atoms with E-state index in [-0.39, 0.29) is 24.4 Å². The molecule has 0 radical (unpaired) electrons. The summed E-state index contributed by atoms with van der Waals surface area (Å²) in [6.07, 6.45) is 0.635. The first kappa shape index (κ1) is 10.3. The van der Waals surface area contributed by atoms with Crippen molar-refractivity contribution in [1.29, 1.82) is 0 Å². The van der Waals surface area contributed by atoms with Crippen LogP contribution in [0.25, 0.3) is 0 Å². The van der Waals surface area contributed by atoms with Gasteiger partial charge in [-0.1, -0.05) is 20.8 Å². The molecule has 0 aliphatic carbocycles. The average molecular weight is 158 g/mol. The third-order valence-electron chi connectivity index (χ3n) is 1.26. The van der Waals surface area contributed by atoms with E-state index in [9.17, 15) is 9.59 Å². The summed E-state index contributed by atoms with van der Waals surface area (Å²) in [7, 11) is 0. The van der Waals surface area contributed by atoms with Gasteiger partial charge in [0.1, 0.15) is 19.5 Å². The Labute approximate surface area is 66.7 Å². The Kier molecular flexibility index (Phi) is 3.97. The van der Waals surface area contributed by atoms with Gasteiger partial charge in [0, 0.05) is 5.41 Å². The van der Waals surface area contributed by atoms with Crippen LogP contribution in [0, 0.1) is 5.41 Å². The Bertz CT molecular complexity index is 144. The molecule has 0 aliphatic rings. The van der Waals surface area contributed by atoms with Gasteiger partial charge in [0.2, 0.25) is 0 Å². The number of aldehydes is 1. The summed E-state index contributed by atoms with van der Waals surface area (Å²) in [5.74, 6) is 0.0133. The molecule has 0 rings (SSSR count). The van der Waals surface area contributed by atoms with Gasteiger partial charge >= 0.3 is 0 Å². The van der Waals surface area contributed by atoms with E-state index in [2.05, 4.69) is 0 Å². The second-order valence-electron chi connectivity index (χ2n) is 3.35. The molecule has 0 saturated carbocycles. The molecule has 0 atom stereocenters. The molecular weight excluding hydrogens is 144 g/mol. The van der Waals surface area contributed by atoms with Crippen LogP contribution in [-0.2, 0) is 14.3 Å². The van der Waals surface area contributed by atoms with Crippen LogP contribution < -0.4 is 0 Å². The van der Waals surface area contributed by atoms with Gasteiger partial charge in [-0.2, -0.15) is 0 Å². The van der Waals surface area contributed by atoms with Gasteiger partial charge < -0.3 is 9.53 Å². The van der Waals surface area contributed by atoms with Gasteiger partial charge in [-0.3, -0.25) is 4.79 Å². The van der Waals surface area contributed by atoms with Crippen molar-refractivity contribution in [2.45, 2.75) is 20.8 Å². The molecule has 0 aliphatic heterocycles. The van der Waals surface area contributed by atoms with E-state index in [1.807, 2.05) is 20.8 Å². The van der Waals surface area contributed by atoms with Crippen molar-refractivity contribution in [3.8, 4) is 0 Å². The monoisotopic (exact) mass is 158 g/mol. The predicted octanol–water partition coefficient (Wildman–Crippen LogP) is 0.817. The van der Waals surface area contributed by atoms with Crippen LogP contribution in [0.1, 0.15) is 20.8 Å². The molecule has 11 heavy (non-hydrogen) atoms. The van der Waals surface area contributed by atoms with E-state index >= 15 is 0 Å². The highest BCUT2D eigenvalue weighted by atomic mass is 16.5. The van der Waals surface area contributed by atoms with Crippen LogP contribution in [0.5, 0.6) is 0 Å². The summed E-state index contributed by atoms with van der Waals surface area (Å²) in [6.45, 7) is 5.49. The van der Waals surface area contributed by atoms with Crippen molar-refractivity contribution in [2.24, 2.45) is 5.41 Å². The summed E-state index contributed by atoms with van der Waals surface area (Å²) in [5.41, 5.74) is -0.372. The number of ether oxygens (including phenoxy) is 1. The maximum absolute atomic E-state index is 11.1. The standard InChI is InChI=1S/C8H14O3/c1-8(2,3)7(10)6-11-5-4-9/h4H,5-6H2,1-3H3. The number of Topliss-reactive ketones (excluding diaryl/α,β-unsaturated/α-hetero) is 1. The minimum absolute atomic E-state index is 0.00181. The summed E-state index contributed by atoms with van der Waals surface area (Å²) >= 11 is 0. The first-order chi connectivity index (χ1) is 4.98. The number of hydrogen-bond acceptors (Lipinski definition) is 3. The maximum atomic E-state index is 11.1. The number of rotatable bonds is 4. The van der Waals surface area contributed by atoms with Crippen LogP contribution in [0.15, 0.2) is 0 Å². The zero-order valence-electron chi connectivity index (χ0n) is 7.22. The van der Waals surface area contributed by atoms with Gasteiger partial charge in [-0.25, -0.2) is 0 Å². The van der Waals surface area contributed by atoms with Gasteiger partial charge in [-0.05, 0) is 0 Å². The largest absolute Gasteiger partial charge is 0.366 e. The highest BCUT2D eigenvalue weighted by Gasteiger charge is 2.20. The fourth-order valence-electron chi connectivity index (χ4n) is 0.416. The fourth-order valence-corrected chi connectivity index (χ4v) is 0.416. The topological polar surface area (TPSA) is 43.4 Å². The molecule has 0 heterocycles. The SMILES string of the molecule is CC(C)(C)C(=O)COCC=O. The summed E-state index contributed by atoms with van der Waals surface area (Å²) in [5, 5.41) is 0. The van der Waals surface area contributed by atoms with Gasteiger partial charge in [0.05, 0.1) is 0 Å². The van der Waals surface area contributed by atoms with Crippen molar-refractivity contribution in [1.82, 2.24) is 0 Å². The molecule has 0 unspecified atom stereocenters. The Hall–Kier alpha value is -0.700. The van der Waals surface area contributed by atoms with Crippen LogP contribution >= 0.6 is 0 Å². The zero-order chi connectivity index (χ0) is 8.91. The molecule has 64 valence electrons. The van der Waals surface area contributed by atoms with Crippen LogP contribution in [0.4, 0.5) is 0 Å². The maximum Gasteiger partial charge on any atom is 0.163 e. The lowest BCUT2D eigenvalue weighted by Gasteiger charge is -2.15. The fraction of sp³-hybridized carbons (Fsp3) is 0.750. The van der Waals surface area contributed by atoms with Gasteiger partial charge in [-0.15, -0.1) is 0 Å². The molecule has 0 saturated heterocycles. The number of carbonyl (C=O) groups excluding carboxylic acids is 2. The first-order valence-electron chi connectivity index (χ1n) is 3.53. The van der Waals surface area contributed by atoms with E-state index in [4.69, 9.17) is 4.74 Å². The Morgan fingerprint density at radius 1 is 1.45 bits per heavy atom. The molecule has 3 nitrogen and oxygen atoms in total. The zero-order valence-corrected chi connectivity index (χ0v) is 7.22. The van der Waals surface area contributed by atoms with E-state index in [0.717, 1.165) is 0 Å². The Morgan fingerprint density at radius 2 is 2.00 bits per heavy atom. The smallest absolute Gasteiger partial charge is 0.163 e. The minimum atomic E-state index is -0.372. The molecular formula is C8H14O3. The van der Waals surface area contributed by atoms with Crippen molar-refractivity contribution in [3.05, 3.63) is 0 Å². The van der Waals surface area contributed by atoms with Crippen molar-refractivity contribution < 1.29 is 14.3 Å². The third kappa shape index (κ3) is 4.67. The molecule has 0 aromatic heterocycles.